The molecule has 0 saturated carbocycles. The molecule has 1 heterocycles. The first-order valence-corrected chi connectivity index (χ1v) is 7.06. The Hall–Kier alpha value is -2.11. The second-order valence-corrected chi connectivity index (χ2v) is 4.82. The molecule has 0 bridgehead atoms. The van der Waals surface area contributed by atoms with Crippen LogP contribution in [0.5, 0.6) is 5.88 Å². The van der Waals surface area contributed by atoms with E-state index < -0.39 is 5.97 Å². The van der Waals surface area contributed by atoms with Gasteiger partial charge in [0.15, 0.2) is 0 Å². The number of aromatic nitrogens is 1. The molecule has 0 spiro atoms. The number of carbonyl (C=O) groups is 2. The van der Waals surface area contributed by atoms with Gasteiger partial charge in [-0.1, -0.05) is 12.8 Å². The van der Waals surface area contributed by atoms with Gasteiger partial charge in [-0.05, 0) is 31.9 Å². The van der Waals surface area contributed by atoms with Crippen molar-refractivity contribution in [2.75, 3.05) is 13.7 Å². The summed E-state index contributed by atoms with van der Waals surface area (Å²) in [6, 6.07) is 3.46. The summed E-state index contributed by atoms with van der Waals surface area (Å²) in [4.78, 5) is 26.5. The summed E-state index contributed by atoms with van der Waals surface area (Å²) in [5, 5.41) is 11.3. The summed E-state index contributed by atoms with van der Waals surface area (Å²) < 4.78 is 5.10. The zero-order chi connectivity index (χ0) is 15.7. The highest BCUT2D eigenvalue weighted by molar-refractivity contribution is 5.96. The van der Waals surface area contributed by atoms with Gasteiger partial charge in [0.25, 0.3) is 5.91 Å². The van der Waals surface area contributed by atoms with Crippen molar-refractivity contribution in [3.63, 3.8) is 0 Å². The van der Waals surface area contributed by atoms with E-state index in [2.05, 4.69) is 10.3 Å². The van der Waals surface area contributed by atoms with Crippen LogP contribution < -0.4 is 10.1 Å². The zero-order valence-corrected chi connectivity index (χ0v) is 12.5. The molecule has 0 aliphatic rings. The highest BCUT2D eigenvalue weighted by Crippen LogP contribution is 2.15. The van der Waals surface area contributed by atoms with Gasteiger partial charge in [0.2, 0.25) is 5.88 Å². The number of carboxylic acid groups (broad SMARTS) is 1. The highest BCUT2D eigenvalue weighted by Gasteiger charge is 2.12. The lowest BCUT2D eigenvalue weighted by Crippen LogP contribution is -2.25. The Morgan fingerprint density at radius 1 is 1.24 bits per heavy atom. The molecule has 1 amide bonds. The Labute approximate surface area is 124 Å². The van der Waals surface area contributed by atoms with Crippen LogP contribution in [-0.4, -0.2) is 35.6 Å². The fourth-order valence-corrected chi connectivity index (χ4v) is 1.91. The lowest BCUT2D eigenvalue weighted by molar-refractivity contribution is -0.137. The van der Waals surface area contributed by atoms with Gasteiger partial charge >= 0.3 is 5.97 Å². The lowest BCUT2D eigenvalue weighted by Gasteiger charge is -2.09. The molecule has 6 heteroatoms. The standard InChI is InChI=1S/C15H22N2O4/c1-11-8-9-12(15(17-11)21-2)14(20)16-10-6-4-3-5-7-13(18)19/h8-9H,3-7,10H2,1-2H3,(H,16,20)(H,18,19). The lowest BCUT2D eigenvalue weighted by atomic mass is 10.1. The molecule has 0 radical (unpaired) electrons. The molecule has 0 fully saturated rings. The van der Waals surface area contributed by atoms with Crippen molar-refractivity contribution in [2.45, 2.75) is 39.0 Å². The molecule has 1 aromatic rings. The quantitative estimate of drug-likeness (QED) is 0.681. The van der Waals surface area contributed by atoms with Gasteiger partial charge in [-0.25, -0.2) is 4.98 Å². The predicted molar refractivity (Wildman–Crippen MR) is 78.6 cm³/mol. The third-order valence-electron chi connectivity index (χ3n) is 3.04. The average Bonchev–Trinajstić information content (AvgIpc) is 2.45. The minimum absolute atomic E-state index is 0.204. The number of unbranched alkanes of at least 4 members (excludes halogenated alkanes) is 3. The van der Waals surface area contributed by atoms with E-state index in [-0.39, 0.29) is 12.3 Å². The first-order valence-electron chi connectivity index (χ1n) is 7.06. The van der Waals surface area contributed by atoms with Crippen molar-refractivity contribution in [1.29, 1.82) is 0 Å². The SMILES string of the molecule is COc1nc(C)ccc1C(=O)NCCCCCCC(=O)O. The summed E-state index contributed by atoms with van der Waals surface area (Å²) in [5.74, 6) is -0.638. The van der Waals surface area contributed by atoms with Gasteiger partial charge < -0.3 is 15.2 Å². The van der Waals surface area contributed by atoms with Crippen LogP contribution in [0.25, 0.3) is 0 Å². The number of aryl methyl sites for hydroxylation is 1. The zero-order valence-electron chi connectivity index (χ0n) is 12.5. The number of ether oxygens (including phenoxy) is 1. The average molecular weight is 294 g/mol. The van der Waals surface area contributed by atoms with Crippen LogP contribution in [0.1, 0.15) is 48.2 Å². The van der Waals surface area contributed by atoms with Gasteiger partial charge in [-0.2, -0.15) is 0 Å². The second kappa shape index (κ2) is 8.94. The Kier molecular flexibility index (Phi) is 7.21. The van der Waals surface area contributed by atoms with E-state index >= 15 is 0 Å². The normalized spacial score (nSPS) is 10.2. The maximum atomic E-state index is 12.0. The molecule has 1 aromatic heterocycles. The largest absolute Gasteiger partial charge is 0.481 e. The van der Waals surface area contributed by atoms with E-state index in [0.717, 1.165) is 25.0 Å². The topological polar surface area (TPSA) is 88.5 Å². The smallest absolute Gasteiger partial charge is 0.303 e. The summed E-state index contributed by atoms with van der Waals surface area (Å²) in [6.07, 6.45) is 3.47. The van der Waals surface area contributed by atoms with E-state index in [1.165, 1.54) is 7.11 Å². The number of methoxy groups -OCH3 is 1. The maximum Gasteiger partial charge on any atom is 0.303 e. The van der Waals surface area contributed by atoms with Crippen LogP contribution in [-0.2, 0) is 4.79 Å². The summed E-state index contributed by atoms with van der Waals surface area (Å²) in [7, 11) is 1.49. The molecule has 0 unspecified atom stereocenters. The highest BCUT2D eigenvalue weighted by atomic mass is 16.5. The number of pyridine rings is 1. The predicted octanol–water partition coefficient (Wildman–Crippen LogP) is 2.16. The molecular weight excluding hydrogens is 272 g/mol. The fraction of sp³-hybridized carbons (Fsp3) is 0.533. The van der Waals surface area contributed by atoms with Crippen LogP contribution in [0.15, 0.2) is 12.1 Å². The van der Waals surface area contributed by atoms with E-state index in [0.29, 0.717) is 24.4 Å². The van der Waals surface area contributed by atoms with Gasteiger partial charge in [-0.15, -0.1) is 0 Å². The first-order chi connectivity index (χ1) is 10.0. The van der Waals surface area contributed by atoms with Crippen molar-refractivity contribution in [3.8, 4) is 5.88 Å². The van der Waals surface area contributed by atoms with Gasteiger partial charge in [0, 0.05) is 18.7 Å². The Balaban J connectivity index is 2.29. The van der Waals surface area contributed by atoms with Crippen LogP contribution in [0.3, 0.4) is 0 Å². The van der Waals surface area contributed by atoms with E-state index in [1.807, 2.05) is 6.92 Å². The third-order valence-corrected chi connectivity index (χ3v) is 3.04. The van der Waals surface area contributed by atoms with Crippen molar-refractivity contribution in [1.82, 2.24) is 10.3 Å². The van der Waals surface area contributed by atoms with Crippen molar-refractivity contribution < 1.29 is 19.4 Å². The molecule has 0 atom stereocenters. The monoisotopic (exact) mass is 294 g/mol. The molecule has 0 aliphatic heterocycles. The minimum Gasteiger partial charge on any atom is -0.481 e. The Morgan fingerprint density at radius 2 is 1.95 bits per heavy atom. The Bertz CT molecular complexity index is 489. The van der Waals surface area contributed by atoms with E-state index in [1.54, 1.807) is 12.1 Å². The van der Waals surface area contributed by atoms with Gasteiger partial charge in [0.05, 0.1) is 7.11 Å². The molecular formula is C15H22N2O4. The minimum atomic E-state index is -0.762. The molecule has 116 valence electrons. The van der Waals surface area contributed by atoms with Crippen molar-refractivity contribution in [2.24, 2.45) is 0 Å². The molecule has 0 aliphatic carbocycles. The van der Waals surface area contributed by atoms with E-state index in [4.69, 9.17) is 9.84 Å². The van der Waals surface area contributed by atoms with Crippen LogP contribution in [0, 0.1) is 6.92 Å². The number of aliphatic carboxylic acids is 1. The number of hydrogen-bond acceptors (Lipinski definition) is 4. The number of nitrogens with one attached hydrogen (secondary N) is 1. The number of carboxylic acids is 1. The maximum absolute atomic E-state index is 12.0. The number of rotatable bonds is 9. The van der Waals surface area contributed by atoms with Crippen molar-refractivity contribution >= 4 is 11.9 Å². The molecule has 21 heavy (non-hydrogen) atoms. The van der Waals surface area contributed by atoms with E-state index in [9.17, 15) is 9.59 Å². The van der Waals surface area contributed by atoms with Crippen LogP contribution >= 0.6 is 0 Å². The number of carbonyl (C=O) groups excluding carboxylic acids is 1. The number of amides is 1. The number of nitrogens with zero attached hydrogens (tertiary/aromatic N) is 1. The van der Waals surface area contributed by atoms with Crippen molar-refractivity contribution in [3.05, 3.63) is 23.4 Å². The summed E-state index contributed by atoms with van der Waals surface area (Å²) in [6.45, 7) is 2.39. The molecule has 0 aromatic carbocycles. The Morgan fingerprint density at radius 3 is 2.62 bits per heavy atom. The summed E-state index contributed by atoms with van der Waals surface area (Å²) >= 11 is 0. The molecule has 6 nitrogen and oxygen atoms in total. The summed E-state index contributed by atoms with van der Waals surface area (Å²) in [5.41, 5.74) is 1.22. The third kappa shape index (κ3) is 6.25. The van der Waals surface area contributed by atoms with Crippen LogP contribution in [0.4, 0.5) is 0 Å². The fourth-order valence-electron chi connectivity index (χ4n) is 1.91. The number of hydrogen-bond donors (Lipinski definition) is 2. The molecule has 1 rings (SSSR count). The van der Waals surface area contributed by atoms with Gasteiger partial charge in [-0.3, -0.25) is 9.59 Å². The first kappa shape index (κ1) is 16.9. The molecule has 0 saturated heterocycles. The molecule has 2 N–H and O–H groups in total. The second-order valence-electron chi connectivity index (χ2n) is 4.82. The van der Waals surface area contributed by atoms with Gasteiger partial charge in [0.1, 0.15) is 5.56 Å². The van der Waals surface area contributed by atoms with Crippen LogP contribution in [0.2, 0.25) is 0 Å².